The summed E-state index contributed by atoms with van der Waals surface area (Å²) >= 11 is 5.02. The molecule has 24 heavy (non-hydrogen) atoms. The lowest BCUT2D eigenvalue weighted by molar-refractivity contribution is 0.408. The van der Waals surface area contributed by atoms with Gasteiger partial charge >= 0.3 is 10.1 Å². The molecule has 1 saturated carbocycles. The third-order valence-corrected chi connectivity index (χ3v) is 7.43. The zero-order valence-electron chi connectivity index (χ0n) is 12.8. The van der Waals surface area contributed by atoms with Crippen molar-refractivity contribution >= 4 is 32.0 Å². The number of hydrogen-bond donors (Lipinski definition) is 0. The van der Waals surface area contributed by atoms with Crippen LogP contribution in [0.25, 0.3) is 0 Å². The van der Waals surface area contributed by atoms with Gasteiger partial charge in [-0.3, -0.25) is 0 Å². The third kappa shape index (κ3) is 2.99. The molecule has 3 rings (SSSR count). The highest BCUT2D eigenvalue weighted by Gasteiger charge is 2.31. The van der Waals surface area contributed by atoms with Crippen LogP contribution >= 0.6 is 11.9 Å². The van der Waals surface area contributed by atoms with Crippen molar-refractivity contribution in [3.8, 4) is 0 Å². The van der Waals surface area contributed by atoms with Crippen LogP contribution in [0, 0.1) is 6.92 Å². The molecule has 1 heterocycles. The van der Waals surface area contributed by atoms with E-state index in [0.717, 1.165) is 35.0 Å². The van der Waals surface area contributed by atoms with Crippen LogP contribution in [0.3, 0.4) is 0 Å². The fourth-order valence-electron chi connectivity index (χ4n) is 2.64. The van der Waals surface area contributed by atoms with Gasteiger partial charge in [-0.2, -0.15) is 12.2 Å². The van der Waals surface area contributed by atoms with E-state index in [1.54, 1.807) is 12.1 Å². The summed E-state index contributed by atoms with van der Waals surface area (Å²) in [4.78, 5) is -0.171. The summed E-state index contributed by atoms with van der Waals surface area (Å²) in [6.45, 7) is 1.86. The zero-order chi connectivity index (χ0) is 17.5. The van der Waals surface area contributed by atoms with E-state index in [2.05, 4.69) is 3.74 Å². The largest absolute Gasteiger partial charge is 0.314 e. The molecular weight excluding hydrogens is 374 g/mol. The summed E-state index contributed by atoms with van der Waals surface area (Å²) in [5, 5.41) is 0. The molecule has 2 aromatic rings. The van der Waals surface area contributed by atoms with Crippen molar-refractivity contribution in [2.24, 2.45) is 0 Å². The fraction of sp³-hybridized carbons (Fsp3) is 0.333. The van der Waals surface area contributed by atoms with Gasteiger partial charge in [0, 0.05) is 17.8 Å². The molecular formula is C15H16ClNO5S2. The second kappa shape index (κ2) is 6.18. The average molecular weight is 390 g/mol. The second-order valence-electron chi connectivity index (χ2n) is 5.86. The van der Waals surface area contributed by atoms with E-state index in [1.165, 1.54) is 18.2 Å². The van der Waals surface area contributed by atoms with Crippen molar-refractivity contribution in [2.45, 2.75) is 41.9 Å². The van der Waals surface area contributed by atoms with Crippen LogP contribution in [-0.4, -0.2) is 20.8 Å². The van der Waals surface area contributed by atoms with Crippen molar-refractivity contribution in [1.29, 1.82) is 0 Å². The summed E-state index contributed by atoms with van der Waals surface area (Å²) in [6.07, 6.45) is 3.67. The summed E-state index contributed by atoms with van der Waals surface area (Å²) < 4.78 is 54.6. The highest BCUT2D eigenvalue weighted by atomic mass is 35.5. The molecule has 0 radical (unpaired) electrons. The summed E-state index contributed by atoms with van der Waals surface area (Å²) in [5.41, 5.74) is 1.37. The Morgan fingerprint density at radius 1 is 1.08 bits per heavy atom. The molecule has 1 aromatic carbocycles. The van der Waals surface area contributed by atoms with Gasteiger partial charge in [-0.25, -0.2) is 12.4 Å². The standard InChI is InChI=1S/C15H16ClNO5S2/c1-11-5-7-13(8-6-11)23(18,19)17-10-14(24(20,21)22-16)9-15(17)12-3-2-4-12/h5-10,12H,2-4H2,1H3. The monoisotopic (exact) mass is 389 g/mol. The lowest BCUT2D eigenvalue weighted by Crippen LogP contribution is -2.20. The van der Waals surface area contributed by atoms with Gasteiger partial charge in [0.1, 0.15) is 4.90 Å². The van der Waals surface area contributed by atoms with Gasteiger partial charge in [0.25, 0.3) is 10.0 Å². The number of hydrogen-bond acceptors (Lipinski definition) is 5. The Hall–Kier alpha value is -1.35. The van der Waals surface area contributed by atoms with E-state index in [4.69, 9.17) is 11.9 Å². The first kappa shape index (κ1) is 17.5. The van der Waals surface area contributed by atoms with E-state index in [-0.39, 0.29) is 15.7 Å². The van der Waals surface area contributed by atoms with Crippen LogP contribution in [0.5, 0.6) is 0 Å². The normalized spacial score (nSPS) is 16.1. The molecule has 1 aliphatic rings. The maximum atomic E-state index is 12.9. The van der Waals surface area contributed by atoms with Crippen molar-refractivity contribution in [2.75, 3.05) is 0 Å². The Morgan fingerprint density at radius 2 is 1.71 bits per heavy atom. The molecule has 1 fully saturated rings. The van der Waals surface area contributed by atoms with Gasteiger partial charge in [0.05, 0.1) is 16.8 Å². The van der Waals surface area contributed by atoms with Crippen molar-refractivity contribution in [3.63, 3.8) is 0 Å². The number of benzene rings is 1. The molecule has 6 nitrogen and oxygen atoms in total. The van der Waals surface area contributed by atoms with Gasteiger partial charge in [0.15, 0.2) is 0 Å². The topological polar surface area (TPSA) is 82.4 Å². The summed E-state index contributed by atoms with van der Waals surface area (Å²) in [6, 6.07) is 7.72. The molecule has 0 N–H and O–H groups in total. The molecule has 0 saturated heterocycles. The highest BCUT2D eigenvalue weighted by molar-refractivity contribution is 7.90. The SMILES string of the molecule is Cc1ccc(S(=O)(=O)n2cc(S(=O)(=O)OCl)cc2C2CCC2)cc1. The number of rotatable bonds is 5. The molecule has 0 aliphatic heterocycles. The van der Waals surface area contributed by atoms with Gasteiger partial charge in [-0.1, -0.05) is 24.1 Å². The highest BCUT2D eigenvalue weighted by Crippen LogP contribution is 2.39. The van der Waals surface area contributed by atoms with Crippen LogP contribution in [0.2, 0.25) is 0 Å². The van der Waals surface area contributed by atoms with Crippen molar-refractivity contribution in [1.82, 2.24) is 3.97 Å². The molecule has 1 aromatic heterocycles. The molecule has 130 valence electrons. The first-order valence-electron chi connectivity index (χ1n) is 7.35. The minimum atomic E-state index is -4.19. The lowest BCUT2D eigenvalue weighted by Gasteiger charge is -2.26. The second-order valence-corrected chi connectivity index (χ2v) is 9.56. The zero-order valence-corrected chi connectivity index (χ0v) is 15.2. The maximum absolute atomic E-state index is 12.9. The van der Waals surface area contributed by atoms with Crippen LogP contribution < -0.4 is 0 Å². The van der Waals surface area contributed by atoms with Gasteiger partial charge in [-0.05, 0) is 38.0 Å². The van der Waals surface area contributed by atoms with Crippen molar-refractivity contribution < 1.29 is 20.6 Å². The molecule has 0 unspecified atom stereocenters. The van der Waals surface area contributed by atoms with Crippen LogP contribution in [0.1, 0.15) is 36.4 Å². The summed E-state index contributed by atoms with van der Waals surface area (Å²) in [7, 11) is -8.09. The van der Waals surface area contributed by atoms with Gasteiger partial charge in [-0.15, -0.1) is 0 Å². The third-order valence-electron chi connectivity index (χ3n) is 4.26. The minimum absolute atomic E-state index is 0.00417. The molecule has 1 aliphatic carbocycles. The van der Waals surface area contributed by atoms with E-state index in [0.29, 0.717) is 5.69 Å². The van der Waals surface area contributed by atoms with E-state index in [1.807, 2.05) is 6.92 Å². The van der Waals surface area contributed by atoms with Crippen LogP contribution in [0.4, 0.5) is 0 Å². The predicted octanol–water partition coefficient (Wildman–Crippen LogP) is 3.16. The lowest BCUT2D eigenvalue weighted by atomic mass is 9.83. The predicted molar refractivity (Wildman–Crippen MR) is 88.9 cm³/mol. The first-order valence-corrected chi connectivity index (χ1v) is 10.5. The van der Waals surface area contributed by atoms with E-state index >= 15 is 0 Å². The number of nitrogens with zero attached hydrogens (tertiary/aromatic N) is 1. The van der Waals surface area contributed by atoms with Crippen molar-refractivity contribution in [3.05, 3.63) is 47.8 Å². The first-order chi connectivity index (χ1) is 11.3. The van der Waals surface area contributed by atoms with Gasteiger partial charge < -0.3 is 0 Å². The summed E-state index contributed by atoms with van der Waals surface area (Å²) in [5.74, 6) is 0.00417. The molecule has 0 amide bonds. The Bertz CT molecular complexity index is 958. The fourth-order valence-corrected chi connectivity index (χ4v) is 4.94. The van der Waals surface area contributed by atoms with Crippen LogP contribution in [-0.2, 0) is 23.9 Å². The quantitative estimate of drug-likeness (QED) is 0.784. The molecule has 0 atom stereocenters. The smallest absolute Gasteiger partial charge is 0.244 e. The average Bonchev–Trinajstić information content (AvgIpc) is 2.92. The number of halogens is 1. The Kier molecular flexibility index (Phi) is 4.50. The van der Waals surface area contributed by atoms with E-state index < -0.39 is 20.1 Å². The van der Waals surface area contributed by atoms with Gasteiger partial charge in [0.2, 0.25) is 0 Å². The minimum Gasteiger partial charge on any atom is -0.244 e. The van der Waals surface area contributed by atoms with Crippen LogP contribution in [0.15, 0.2) is 46.3 Å². The maximum Gasteiger partial charge on any atom is 0.314 e. The van der Waals surface area contributed by atoms with E-state index in [9.17, 15) is 16.8 Å². The Labute approximate surface area is 146 Å². The molecule has 9 heteroatoms. The molecule has 0 spiro atoms. The number of aromatic nitrogens is 1. The Balaban J connectivity index is 2.16. The molecule has 0 bridgehead atoms. The Morgan fingerprint density at radius 3 is 2.21 bits per heavy atom. The number of aryl methyl sites for hydroxylation is 1.